The van der Waals surface area contributed by atoms with Crippen molar-refractivity contribution in [3.63, 3.8) is 0 Å². The van der Waals surface area contributed by atoms with Crippen molar-refractivity contribution >= 4 is 5.78 Å². The Labute approximate surface area is 88.4 Å². The highest BCUT2D eigenvalue weighted by Crippen LogP contribution is 1.93. The topological polar surface area (TPSA) is 73.4 Å². The Balaban J connectivity index is 0.000000112. The largest absolute Gasteiger partial charge is 0.390 e. The minimum Gasteiger partial charge on any atom is -0.390 e. The summed E-state index contributed by atoms with van der Waals surface area (Å²) in [5, 5.41) is 16.9. The minimum absolute atomic E-state index is 0.0463. The van der Waals surface area contributed by atoms with Crippen LogP contribution in [0.2, 0.25) is 0 Å². The summed E-state index contributed by atoms with van der Waals surface area (Å²) in [5.41, 5.74) is 0. The zero-order chi connectivity index (χ0) is 11.1. The summed E-state index contributed by atoms with van der Waals surface area (Å²) >= 11 is 0. The Morgan fingerprint density at radius 1 is 1.07 bits per heavy atom. The smallest absolute Gasteiger partial charge is 0.160 e. The second kappa shape index (κ2) is 6.84. The fourth-order valence-corrected chi connectivity index (χ4v) is 0.754. The molecule has 0 aromatic heterocycles. The summed E-state index contributed by atoms with van der Waals surface area (Å²) in [4.78, 5) is 9.84. The van der Waals surface area contributed by atoms with Crippen molar-refractivity contribution in [1.82, 2.24) is 16.0 Å². The van der Waals surface area contributed by atoms with Gasteiger partial charge in [-0.2, -0.15) is 0 Å². The lowest BCUT2D eigenvalue weighted by Gasteiger charge is -2.20. The normalized spacial score (nSPS) is 24.5. The van der Waals surface area contributed by atoms with E-state index in [1.165, 1.54) is 0 Å². The van der Waals surface area contributed by atoms with E-state index in [4.69, 9.17) is 5.11 Å². The number of ketones is 1. The molecule has 0 aromatic carbocycles. The number of carbonyl (C=O) groups excluding carboxylic acids is 1. The predicted octanol–water partition coefficient (Wildman–Crippen LogP) is -1.96. The van der Waals surface area contributed by atoms with Crippen LogP contribution in [-0.4, -0.2) is 62.4 Å². The number of rotatable bonds is 0. The molecule has 3 rings (SSSR count). The molecule has 3 aliphatic rings. The van der Waals surface area contributed by atoms with Crippen molar-refractivity contribution in [2.75, 3.05) is 39.3 Å². The summed E-state index contributed by atoms with van der Waals surface area (Å²) in [7, 11) is 0. The van der Waals surface area contributed by atoms with E-state index in [2.05, 4.69) is 16.0 Å². The van der Waals surface area contributed by atoms with E-state index >= 15 is 0 Å². The zero-order valence-corrected chi connectivity index (χ0v) is 8.63. The first-order chi connectivity index (χ1) is 7.18. The molecule has 0 saturated carbocycles. The quantitative estimate of drug-likeness (QED) is 0.381. The van der Waals surface area contributed by atoms with E-state index in [0.29, 0.717) is 32.0 Å². The number of halogens is 1. The van der Waals surface area contributed by atoms with Crippen LogP contribution in [-0.2, 0) is 4.79 Å². The maximum atomic E-state index is 11.5. The van der Waals surface area contributed by atoms with Gasteiger partial charge in [0.2, 0.25) is 0 Å². The number of Topliss-reactive ketones (excluding diaryl/α,β-unsaturated/α-hetero) is 1. The highest BCUT2D eigenvalue weighted by molar-refractivity contribution is 5.87. The SMILES string of the molecule is FC1CNC1.O=C1CNC1.OC1CNC1. The lowest BCUT2D eigenvalue weighted by molar-refractivity contribution is -0.121. The maximum absolute atomic E-state index is 11.5. The summed E-state index contributed by atoms with van der Waals surface area (Å²) in [6.07, 6.45) is -0.593. The van der Waals surface area contributed by atoms with Crippen LogP contribution in [0.4, 0.5) is 4.39 Å². The Bertz CT molecular complexity index is 178. The molecule has 3 heterocycles. The monoisotopic (exact) mass is 219 g/mol. The fraction of sp³-hybridized carbons (Fsp3) is 0.889. The minimum atomic E-state index is -0.546. The predicted molar refractivity (Wildman–Crippen MR) is 54.5 cm³/mol. The first-order valence-electron chi connectivity index (χ1n) is 5.14. The molecular formula is C9H18FN3O2. The average molecular weight is 219 g/mol. The molecule has 4 N–H and O–H groups in total. The van der Waals surface area contributed by atoms with E-state index in [-0.39, 0.29) is 6.10 Å². The first kappa shape index (κ1) is 12.5. The lowest BCUT2D eigenvalue weighted by Crippen LogP contribution is -2.46. The van der Waals surface area contributed by atoms with Gasteiger partial charge in [0.25, 0.3) is 0 Å². The molecule has 0 unspecified atom stereocenters. The lowest BCUT2D eigenvalue weighted by atomic mass is 10.2. The third-order valence-corrected chi connectivity index (χ3v) is 2.14. The maximum Gasteiger partial charge on any atom is 0.160 e. The number of β-amino-alcohol motifs (C(OH)–C–C–N with tert-alkyl or cyclic N) is 1. The van der Waals surface area contributed by atoms with E-state index < -0.39 is 6.17 Å². The second-order valence-corrected chi connectivity index (χ2v) is 3.71. The van der Waals surface area contributed by atoms with Crippen molar-refractivity contribution in [2.45, 2.75) is 12.3 Å². The number of nitrogens with one attached hydrogen (secondary N) is 3. The molecular weight excluding hydrogens is 201 g/mol. The van der Waals surface area contributed by atoms with Gasteiger partial charge in [-0.15, -0.1) is 0 Å². The van der Waals surface area contributed by atoms with Gasteiger partial charge in [0.1, 0.15) is 6.17 Å². The van der Waals surface area contributed by atoms with Gasteiger partial charge in [-0.25, -0.2) is 4.39 Å². The van der Waals surface area contributed by atoms with Gasteiger partial charge < -0.3 is 21.1 Å². The molecule has 0 aromatic rings. The molecule has 0 atom stereocenters. The molecule has 0 radical (unpaired) electrons. The van der Waals surface area contributed by atoms with E-state index in [9.17, 15) is 9.18 Å². The Morgan fingerprint density at radius 3 is 1.40 bits per heavy atom. The van der Waals surface area contributed by atoms with E-state index in [0.717, 1.165) is 13.1 Å². The summed E-state index contributed by atoms with van der Waals surface area (Å²) < 4.78 is 11.5. The number of aliphatic hydroxyl groups is 1. The molecule has 5 nitrogen and oxygen atoms in total. The van der Waals surface area contributed by atoms with E-state index in [1.807, 2.05) is 0 Å². The van der Waals surface area contributed by atoms with Crippen LogP contribution in [0.1, 0.15) is 0 Å². The van der Waals surface area contributed by atoms with Gasteiger partial charge in [-0.05, 0) is 0 Å². The molecule has 15 heavy (non-hydrogen) atoms. The average Bonchev–Trinajstić information content (AvgIpc) is 2.10. The number of alkyl halides is 1. The first-order valence-corrected chi connectivity index (χ1v) is 5.14. The Morgan fingerprint density at radius 2 is 1.40 bits per heavy atom. The summed E-state index contributed by atoms with van der Waals surface area (Å²) in [6.45, 7) is 3.92. The molecule has 0 spiro atoms. The standard InChI is InChI=1S/C3H6FN.C3H7NO.C3H5NO/c4-3-1-5-2-3;2*5-3-1-4-2-3/h3,5H,1-2H2;3-5H,1-2H2;4H,1-2H2. The summed E-state index contributed by atoms with van der Waals surface area (Å²) in [6, 6.07) is 0. The van der Waals surface area contributed by atoms with Gasteiger partial charge in [0.05, 0.1) is 19.2 Å². The Hall–Kier alpha value is -0.560. The van der Waals surface area contributed by atoms with Crippen molar-refractivity contribution in [1.29, 1.82) is 0 Å². The molecule has 6 heteroatoms. The van der Waals surface area contributed by atoms with Crippen LogP contribution in [0.3, 0.4) is 0 Å². The van der Waals surface area contributed by atoms with Crippen molar-refractivity contribution in [3.05, 3.63) is 0 Å². The third kappa shape index (κ3) is 5.78. The summed E-state index contributed by atoms with van der Waals surface area (Å²) in [5.74, 6) is 0.324. The number of hydrogen-bond acceptors (Lipinski definition) is 5. The van der Waals surface area contributed by atoms with Crippen molar-refractivity contribution in [3.8, 4) is 0 Å². The molecule has 3 saturated heterocycles. The molecule has 0 aliphatic carbocycles. The van der Waals surface area contributed by atoms with Gasteiger partial charge in [0, 0.05) is 26.2 Å². The van der Waals surface area contributed by atoms with Crippen LogP contribution >= 0.6 is 0 Å². The third-order valence-electron chi connectivity index (χ3n) is 2.14. The zero-order valence-electron chi connectivity index (χ0n) is 8.63. The van der Waals surface area contributed by atoms with Crippen LogP contribution in [0.25, 0.3) is 0 Å². The van der Waals surface area contributed by atoms with Crippen LogP contribution in [0, 0.1) is 0 Å². The number of carbonyl (C=O) groups is 1. The van der Waals surface area contributed by atoms with Crippen LogP contribution < -0.4 is 16.0 Å². The van der Waals surface area contributed by atoms with Gasteiger partial charge in [-0.1, -0.05) is 0 Å². The van der Waals surface area contributed by atoms with Gasteiger partial charge >= 0.3 is 0 Å². The number of aliphatic hydroxyl groups excluding tert-OH is 1. The fourth-order valence-electron chi connectivity index (χ4n) is 0.754. The number of hydrogen-bond donors (Lipinski definition) is 4. The Kier molecular flexibility index (Phi) is 5.70. The van der Waals surface area contributed by atoms with E-state index in [1.54, 1.807) is 0 Å². The second-order valence-electron chi connectivity index (χ2n) is 3.71. The molecule has 3 fully saturated rings. The van der Waals surface area contributed by atoms with Crippen molar-refractivity contribution in [2.24, 2.45) is 0 Å². The van der Waals surface area contributed by atoms with Crippen LogP contribution in [0.5, 0.6) is 0 Å². The molecule has 3 aliphatic heterocycles. The van der Waals surface area contributed by atoms with Gasteiger partial charge in [-0.3, -0.25) is 4.79 Å². The van der Waals surface area contributed by atoms with Gasteiger partial charge in [0.15, 0.2) is 5.78 Å². The van der Waals surface area contributed by atoms with Crippen LogP contribution in [0.15, 0.2) is 0 Å². The molecule has 0 amide bonds. The molecule has 0 bridgehead atoms. The highest BCUT2D eigenvalue weighted by atomic mass is 19.1. The van der Waals surface area contributed by atoms with Crippen molar-refractivity contribution < 1.29 is 14.3 Å². The molecule has 88 valence electrons. The highest BCUT2D eigenvalue weighted by Gasteiger charge is 2.12.